The third kappa shape index (κ3) is 4.04. The maximum absolute atomic E-state index is 9.47. The van der Waals surface area contributed by atoms with Gasteiger partial charge in [-0.2, -0.15) is 0 Å². The number of rotatable bonds is 6. The molecule has 2 aromatic rings. The molecule has 0 saturated carbocycles. The van der Waals surface area contributed by atoms with Crippen LogP contribution in [0.2, 0.25) is 0 Å². The summed E-state index contributed by atoms with van der Waals surface area (Å²) in [6.07, 6.45) is 0. The van der Waals surface area contributed by atoms with Crippen LogP contribution in [0.15, 0.2) is 23.7 Å². The van der Waals surface area contributed by atoms with Gasteiger partial charge in [-0.05, 0) is 37.1 Å². The first kappa shape index (κ1) is 16.0. The fraction of sp³-hybridized carbons (Fsp3) is 0.357. The summed E-state index contributed by atoms with van der Waals surface area (Å²) in [5.41, 5.74) is 4.23. The number of ether oxygens (including phenoxy) is 1. The summed E-state index contributed by atoms with van der Waals surface area (Å²) in [7, 11) is 2.11. The Hall–Kier alpha value is -1.41. The third-order valence-corrected chi connectivity index (χ3v) is 4.25. The molecule has 0 saturated heterocycles. The van der Waals surface area contributed by atoms with Gasteiger partial charge < -0.3 is 14.8 Å². The molecule has 21 heavy (non-hydrogen) atoms. The van der Waals surface area contributed by atoms with E-state index in [0.29, 0.717) is 17.8 Å². The SMILES string of the molecule is COc1ccc(B(O)O)c(CN(C)Cc2scnc2C)c1. The van der Waals surface area contributed by atoms with E-state index in [4.69, 9.17) is 4.74 Å². The zero-order valence-corrected chi connectivity index (χ0v) is 13.2. The molecule has 0 aliphatic carbocycles. The Labute approximate surface area is 129 Å². The number of thiazole rings is 1. The van der Waals surface area contributed by atoms with Crippen molar-refractivity contribution in [2.45, 2.75) is 20.0 Å². The van der Waals surface area contributed by atoms with Crippen molar-refractivity contribution in [2.24, 2.45) is 0 Å². The van der Waals surface area contributed by atoms with Crippen LogP contribution in [0.1, 0.15) is 16.1 Å². The van der Waals surface area contributed by atoms with E-state index >= 15 is 0 Å². The van der Waals surface area contributed by atoms with E-state index in [2.05, 4.69) is 9.88 Å². The molecule has 7 heteroatoms. The Morgan fingerprint density at radius 2 is 2.10 bits per heavy atom. The van der Waals surface area contributed by atoms with E-state index in [9.17, 15) is 10.0 Å². The average molecular weight is 306 g/mol. The first-order chi connectivity index (χ1) is 10.0. The van der Waals surface area contributed by atoms with Crippen LogP contribution < -0.4 is 10.2 Å². The monoisotopic (exact) mass is 306 g/mol. The van der Waals surface area contributed by atoms with Crippen LogP contribution in [-0.4, -0.2) is 41.2 Å². The topological polar surface area (TPSA) is 65.8 Å². The Balaban J connectivity index is 2.15. The normalized spacial score (nSPS) is 11.0. The van der Waals surface area contributed by atoms with Crippen LogP contribution >= 0.6 is 11.3 Å². The minimum atomic E-state index is -1.48. The summed E-state index contributed by atoms with van der Waals surface area (Å²) in [5, 5.41) is 18.9. The van der Waals surface area contributed by atoms with Crippen molar-refractivity contribution in [2.75, 3.05) is 14.2 Å². The molecule has 1 aromatic carbocycles. The molecular weight excluding hydrogens is 287 g/mol. The van der Waals surface area contributed by atoms with Gasteiger partial charge in [0.1, 0.15) is 5.75 Å². The quantitative estimate of drug-likeness (QED) is 0.772. The summed E-state index contributed by atoms with van der Waals surface area (Å²) in [6.45, 7) is 3.37. The van der Waals surface area contributed by atoms with E-state index in [1.165, 1.54) is 4.88 Å². The van der Waals surface area contributed by atoms with Crippen molar-refractivity contribution >= 4 is 23.9 Å². The highest BCUT2D eigenvalue weighted by molar-refractivity contribution is 7.09. The lowest BCUT2D eigenvalue weighted by molar-refractivity contribution is 0.320. The molecular formula is C14H19BN2O3S. The minimum Gasteiger partial charge on any atom is -0.497 e. The van der Waals surface area contributed by atoms with Crippen LogP contribution in [0.3, 0.4) is 0 Å². The second-order valence-corrected chi connectivity index (χ2v) is 5.91. The molecule has 2 N–H and O–H groups in total. The Kier molecular flexibility index (Phi) is 5.36. The molecule has 0 fully saturated rings. The van der Waals surface area contributed by atoms with Crippen LogP contribution in [0.5, 0.6) is 5.75 Å². The number of benzene rings is 1. The highest BCUT2D eigenvalue weighted by Crippen LogP contribution is 2.17. The van der Waals surface area contributed by atoms with Crippen LogP contribution in [0.4, 0.5) is 0 Å². The number of methoxy groups -OCH3 is 1. The Morgan fingerprint density at radius 3 is 2.67 bits per heavy atom. The molecule has 5 nitrogen and oxygen atoms in total. The molecule has 1 aromatic heterocycles. The molecule has 0 unspecified atom stereocenters. The zero-order valence-electron chi connectivity index (χ0n) is 12.4. The van der Waals surface area contributed by atoms with Gasteiger partial charge in [0, 0.05) is 18.0 Å². The molecule has 0 aliphatic rings. The summed E-state index contributed by atoms with van der Waals surface area (Å²) < 4.78 is 5.21. The van der Waals surface area contributed by atoms with Gasteiger partial charge in [0.05, 0.1) is 18.3 Å². The van der Waals surface area contributed by atoms with E-state index in [1.54, 1.807) is 30.6 Å². The van der Waals surface area contributed by atoms with Crippen molar-refractivity contribution in [3.8, 4) is 5.75 Å². The second kappa shape index (κ2) is 7.04. The molecule has 1 heterocycles. The smallest absolute Gasteiger partial charge is 0.488 e. The summed E-state index contributed by atoms with van der Waals surface area (Å²) in [4.78, 5) is 7.57. The van der Waals surface area contributed by atoms with Crippen LogP contribution in [0.25, 0.3) is 0 Å². The van der Waals surface area contributed by atoms with Gasteiger partial charge in [-0.3, -0.25) is 4.90 Å². The maximum Gasteiger partial charge on any atom is 0.488 e. The van der Waals surface area contributed by atoms with Crippen molar-refractivity contribution in [1.82, 2.24) is 9.88 Å². The molecule has 0 spiro atoms. The van der Waals surface area contributed by atoms with E-state index in [0.717, 1.165) is 17.8 Å². The molecule has 112 valence electrons. The standard InChI is InChI=1S/C14H19BN2O3S/c1-10-14(21-9-16-10)8-17(2)7-11-6-12(20-3)4-5-13(11)15(18)19/h4-6,9,18-19H,7-8H2,1-3H3. The number of aromatic nitrogens is 1. The lowest BCUT2D eigenvalue weighted by Crippen LogP contribution is -2.35. The van der Waals surface area contributed by atoms with Crippen LogP contribution in [0, 0.1) is 6.92 Å². The fourth-order valence-electron chi connectivity index (χ4n) is 2.17. The van der Waals surface area contributed by atoms with Crippen molar-refractivity contribution in [1.29, 1.82) is 0 Å². The summed E-state index contributed by atoms with van der Waals surface area (Å²) >= 11 is 1.63. The molecule has 0 aliphatic heterocycles. The predicted molar refractivity (Wildman–Crippen MR) is 84.8 cm³/mol. The molecule has 0 radical (unpaired) electrons. The average Bonchev–Trinajstić information content (AvgIpc) is 2.83. The van der Waals surface area contributed by atoms with Gasteiger partial charge in [0.25, 0.3) is 0 Å². The van der Waals surface area contributed by atoms with Gasteiger partial charge in [-0.1, -0.05) is 6.07 Å². The first-order valence-electron chi connectivity index (χ1n) is 6.61. The second-order valence-electron chi connectivity index (χ2n) is 4.97. The van der Waals surface area contributed by atoms with E-state index in [-0.39, 0.29) is 0 Å². The van der Waals surface area contributed by atoms with Gasteiger partial charge in [-0.25, -0.2) is 4.98 Å². The molecule has 0 atom stereocenters. The molecule has 0 amide bonds. The lowest BCUT2D eigenvalue weighted by atomic mass is 9.77. The fourth-order valence-corrected chi connectivity index (χ4v) is 3.02. The predicted octanol–water partition coefficient (Wildman–Crippen LogP) is 0.772. The zero-order chi connectivity index (χ0) is 15.4. The maximum atomic E-state index is 9.47. The van der Waals surface area contributed by atoms with Gasteiger partial charge in [0.2, 0.25) is 0 Å². The number of aryl methyl sites for hydroxylation is 1. The van der Waals surface area contributed by atoms with Gasteiger partial charge >= 0.3 is 7.12 Å². The first-order valence-corrected chi connectivity index (χ1v) is 7.49. The molecule has 2 rings (SSSR count). The summed E-state index contributed by atoms with van der Waals surface area (Å²) in [5.74, 6) is 0.705. The Bertz CT molecular complexity index is 604. The highest BCUT2D eigenvalue weighted by atomic mass is 32.1. The minimum absolute atomic E-state index is 0.503. The molecule has 0 bridgehead atoms. The highest BCUT2D eigenvalue weighted by Gasteiger charge is 2.18. The van der Waals surface area contributed by atoms with Crippen LogP contribution in [-0.2, 0) is 13.1 Å². The Morgan fingerprint density at radius 1 is 1.33 bits per heavy atom. The number of hydrogen-bond donors (Lipinski definition) is 2. The number of nitrogens with zero attached hydrogens (tertiary/aromatic N) is 2. The van der Waals surface area contributed by atoms with Gasteiger partial charge in [0.15, 0.2) is 0 Å². The van der Waals surface area contributed by atoms with E-state index < -0.39 is 7.12 Å². The number of hydrogen-bond acceptors (Lipinski definition) is 6. The third-order valence-electron chi connectivity index (χ3n) is 3.33. The summed E-state index contributed by atoms with van der Waals surface area (Å²) in [6, 6.07) is 5.25. The van der Waals surface area contributed by atoms with E-state index in [1.807, 2.05) is 25.5 Å². The van der Waals surface area contributed by atoms with Crippen molar-refractivity contribution < 1.29 is 14.8 Å². The lowest BCUT2D eigenvalue weighted by Gasteiger charge is -2.19. The van der Waals surface area contributed by atoms with Crippen molar-refractivity contribution in [3.05, 3.63) is 39.8 Å². The largest absolute Gasteiger partial charge is 0.497 e. The van der Waals surface area contributed by atoms with Crippen molar-refractivity contribution in [3.63, 3.8) is 0 Å². The van der Waals surface area contributed by atoms with Gasteiger partial charge in [-0.15, -0.1) is 11.3 Å².